The normalized spacial score (nSPS) is 15.5. The average Bonchev–Trinajstić information content (AvgIpc) is 2.59. The van der Waals surface area contributed by atoms with E-state index < -0.39 is 0 Å². The van der Waals surface area contributed by atoms with E-state index in [4.69, 9.17) is 15.2 Å². The molecule has 0 saturated carbocycles. The Morgan fingerprint density at radius 2 is 1.96 bits per heavy atom. The number of ether oxygens (including phenoxy) is 2. The Bertz CT molecular complexity index is 619. The molecule has 6 nitrogen and oxygen atoms in total. The molecule has 2 rings (SSSR count). The number of nitrogens with two attached hydrogens (primary N) is 1. The van der Waals surface area contributed by atoms with E-state index in [1.165, 1.54) is 0 Å². The summed E-state index contributed by atoms with van der Waals surface area (Å²) < 4.78 is 10.5. The number of carbonyl (C=O) groups is 2. The van der Waals surface area contributed by atoms with Crippen LogP contribution in [0.1, 0.15) is 24.8 Å². The van der Waals surface area contributed by atoms with Gasteiger partial charge in [-0.1, -0.05) is 0 Å². The molecule has 1 fully saturated rings. The van der Waals surface area contributed by atoms with E-state index in [1.807, 2.05) is 12.1 Å². The molecule has 0 aliphatic carbocycles. The smallest absolute Gasteiger partial charge is 0.246 e. The van der Waals surface area contributed by atoms with Crippen LogP contribution in [0.4, 0.5) is 0 Å². The van der Waals surface area contributed by atoms with Crippen LogP contribution in [0, 0.1) is 5.92 Å². The molecule has 1 saturated heterocycles. The third-order valence-electron chi connectivity index (χ3n) is 4.26. The lowest BCUT2D eigenvalue weighted by molar-refractivity contribution is -0.127. The molecule has 130 valence electrons. The molecule has 0 spiro atoms. The van der Waals surface area contributed by atoms with Crippen LogP contribution in [0.25, 0.3) is 6.08 Å². The molecule has 1 aromatic rings. The maximum Gasteiger partial charge on any atom is 0.246 e. The lowest BCUT2D eigenvalue weighted by Gasteiger charge is -2.30. The van der Waals surface area contributed by atoms with Crippen LogP contribution in [-0.4, -0.2) is 44.0 Å². The lowest BCUT2D eigenvalue weighted by Crippen LogP contribution is -2.38. The molecule has 6 heteroatoms. The maximum absolute atomic E-state index is 12.3. The monoisotopic (exact) mass is 332 g/mol. The van der Waals surface area contributed by atoms with Crippen molar-refractivity contribution in [2.45, 2.75) is 19.3 Å². The van der Waals surface area contributed by atoms with Crippen LogP contribution < -0.4 is 15.2 Å². The van der Waals surface area contributed by atoms with E-state index in [1.54, 1.807) is 37.3 Å². The standard InChI is InChI=1S/C18H24N2O4/c1-23-15-4-5-16(24-2)14(12-15)3-6-18(22)20-9-7-13(8-10-20)11-17(19)21/h3-6,12-13H,7-11H2,1-2H3,(H2,19,21). The predicted molar refractivity (Wildman–Crippen MR) is 91.7 cm³/mol. The van der Waals surface area contributed by atoms with E-state index in [0.29, 0.717) is 31.0 Å². The van der Waals surface area contributed by atoms with Crippen molar-refractivity contribution in [1.82, 2.24) is 4.90 Å². The fraction of sp³-hybridized carbons (Fsp3) is 0.444. The van der Waals surface area contributed by atoms with Gasteiger partial charge in [-0.2, -0.15) is 0 Å². The minimum absolute atomic E-state index is 0.0441. The van der Waals surface area contributed by atoms with Crippen LogP contribution in [0.5, 0.6) is 11.5 Å². The highest BCUT2D eigenvalue weighted by Gasteiger charge is 2.22. The molecule has 0 unspecified atom stereocenters. The number of amides is 2. The van der Waals surface area contributed by atoms with Gasteiger partial charge in [-0.25, -0.2) is 0 Å². The number of nitrogens with zero attached hydrogens (tertiary/aromatic N) is 1. The van der Waals surface area contributed by atoms with Crippen molar-refractivity contribution in [2.24, 2.45) is 11.7 Å². The van der Waals surface area contributed by atoms with Gasteiger partial charge in [0.15, 0.2) is 0 Å². The van der Waals surface area contributed by atoms with E-state index >= 15 is 0 Å². The number of hydrogen-bond acceptors (Lipinski definition) is 4. The van der Waals surface area contributed by atoms with Gasteiger partial charge in [0.1, 0.15) is 11.5 Å². The zero-order chi connectivity index (χ0) is 17.5. The van der Waals surface area contributed by atoms with Gasteiger partial charge in [0, 0.05) is 31.1 Å². The first-order chi connectivity index (χ1) is 11.5. The van der Waals surface area contributed by atoms with Crippen LogP contribution in [0.2, 0.25) is 0 Å². The van der Waals surface area contributed by atoms with Gasteiger partial charge < -0.3 is 20.1 Å². The summed E-state index contributed by atoms with van der Waals surface area (Å²) >= 11 is 0. The second kappa shape index (κ2) is 8.38. The number of hydrogen-bond donors (Lipinski definition) is 1. The largest absolute Gasteiger partial charge is 0.497 e. The summed E-state index contributed by atoms with van der Waals surface area (Å²) in [6.07, 6.45) is 5.31. The molecule has 0 radical (unpaired) electrons. The molecule has 1 aliphatic rings. The first-order valence-corrected chi connectivity index (χ1v) is 8.00. The molecular weight excluding hydrogens is 308 g/mol. The number of benzene rings is 1. The van der Waals surface area contributed by atoms with Crippen LogP contribution in [0.3, 0.4) is 0 Å². The number of methoxy groups -OCH3 is 2. The van der Waals surface area contributed by atoms with Crippen molar-refractivity contribution in [2.75, 3.05) is 27.3 Å². The van der Waals surface area contributed by atoms with E-state index in [9.17, 15) is 9.59 Å². The first-order valence-electron chi connectivity index (χ1n) is 8.00. The Balaban J connectivity index is 1.97. The Morgan fingerprint density at radius 1 is 1.25 bits per heavy atom. The summed E-state index contributed by atoms with van der Waals surface area (Å²) in [4.78, 5) is 25.1. The van der Waals surface area contributed by atoms with Gasteiger partial charge in [-0.05, 0) is 43.0 Å². The van der Waals surface area contributed by atoms with Crippen LogP contribution in [0.15, 0.2) is 24.3 Å². The number of primary amides is 1. The average molecular weight is 332 g/mol. The maximum atomic E-state index is 12.3. The SMILES string of the molecule is COc1ccc(OC)c(C=CC(=O)N2CCC(CC(N)=O)CC2)c1. The predicted octanol–water partition coefficient (Wildman–Crippen LogP) is 1.83. The summed E-state index contributed by atoms with van der Waals surface area (Å²) in [5, 5.41) is 0. The van der Waals surface area contributed by atoms with Crippen molar-refractivity contribution in [3.8, 4) is 11.5 Å². The Kier molecular flexibility index (Phi) is 6.23. The molecule has 1 aliphatic heterocycles. The number of carbonyl (C=O) groups excluding carboxylic acids is 2. The topological polar surface area (TPSA) is 81.9 Å². The van der Waals surface area contributed by atoms with Crippen LogP contribution >= 0.6 is 0 Å². The second-order valence-corrected chi connectivity index (χ2v) is 5.88. The van der Waals surface area contributed by atoms with Crippen molar-refractivity contribution in [3.05, 3.63) is 29.8 Å². The molecule has 2 amide bonds. The Hall–Kier alpha value is -2.50. The summed E-state index contributed by atoms with van der Waals surface area (Å²) in [6, 6.07) is 5.43. The van der Waals surface area contributed by atoms with Crippen molar-refractivity contribution < 1.29 is 19.1 Å². The van der Waals surface area contributed by atoms with Gasteiger partial charge in [-0.3, -0.25) is 9.59 Å². The molecule has 24 heavy (non-hydrogen) atoms. The Labute approximate surface area is 142 Å². The second-order valence-electron chi connectivity index (χ2n) is 5.88. The van der Waals surface area contributed by atoms with Gasteiger partial charge in [0.05, 0.1) is 14.2 Å². The van der Waals surface area contributed by atoms with E-state index in [2.05, 4.69) is 0 Å². The van der Waals surface area contributed by atoms with Gasteiger partial charge >= 0.3 is 0 Å². The highest BCUT2D eigenvalue weighted by Crippen LogP contribution is 2.25. The summed E-state index contributed by atoms with van der Waals surface area (Å²) in [6.45, 7) is 1.30. The third kappa shape index (κ3) is 4.75. The highest BCUT2D eigenvalue weighted by molar-refractivity contribution is 5.92. The fourth-order valence-corrected chi connectivity index (χ4v) is 2.88. The lowest BCUT2D eigenvalue weighted by atomic mass is 9.93. The zero-order valence-corrected chi connectivity index (χ0v) is 14.2. The molecule has 2 N–H and O–H groups in total. The van der Waals surface area contributed by atoms with Gasteiger partial charge in [0.2, 0.25) is 11.8 Å². The number of likely N-dealkylation sites (tertiary alicyclic amines) is 1. The molecule has 1 aromatic carbocycles. The van der Waals surface area contributed by atoms with Crippen molar-refractivity contribution in [1.29, 1.82) is 0 Å². The van der Waals surface area contributed by atoms with E-state index in [0.717, 1.165) is 18.4 Å². The van der Waals surface area contributed by atoms with Gasteiger partial charge in [0.25, 0.3) is 0 Å². The minimum Gasteiger partial charge on any atom is -0.497 e. The molecule has 0 atom stereocenters. The van der Waals surface area contributed by atoms with E-state index in [-0.39, 0.29) is 17.7 Å². The molecule has 0 bridgehead atoms. The molecule has 1 heterocycles. The Morgan fingerprint density at radius 3 is 2.54 bits per heavy atom. The summed E-state index contributed by atoms with van der Waals surface area (Å²) in [7, 11) is 3.18. The zero-order valence-electron chi connectivity index (χ0n) is 14.2. The fourth-order valence-electron chi connectivity index (χ4n) is 2.88. The van der Waals surface area contributed by atoms with Gasteiger partial charge in [-0.15, -0.1) is 0 Å². The number of rotatable bonds is 6. The van der Waals surface area contributed by atoms with Crippen molar-refractivity contribution in [3.63, 3.8) is 0 Å². The molecular formula is C18H24N2O4. The summed E-state index contributed by atoms with van der Waals surface area (Å²) in [5.41, 5.74) is 6.01. The highest BCUT2D eigenvalue weighted by atomic mass is 16.5. The molecule has 0 aromatic heterocycles. The minimum atomic E-state index is -0.273. The number of piperidine rings is 1. The van der Waals surface area contributed by atoms with Crippen molar-refractivity contribution >= 4 is 17.9 Å². The van der Waals surface area contributed by atoms with Crippen LogP contribution in [-0.2, 0) is 9.59 Å². The first kappa shape index (κ1) is 17.8. The quantitative estimate of drug-likeness (QED) is 0.806. The summed E-state index contributed by atoms with van der Waals surface area (Å²) in [5.74, 6) is 1.35. The third-order valence-corrected chi connectivity index (χ3v) is 4.26.